The Morgan fingerprint density at radius 3 is 2.10 bits per heavy atom. The number of aliphatic imine (C=N–C) groups is 1. The van der Waals surface area contributed by atoms with Gasteiger partial charge in [-0.1, -0.05) is 26.0 Å². The summed E-state index contributed by atoms with van der Waals surface area (Å²) in [6.45, 7) is 2.41. The number of nitrogens with zero attached hydrogens (tertiary/aromatic N) is 1. The number of carboxylic acid groups (broad SMARTS) is 1. The first kappa shape index (κ1) is 32.6. The summed E-state index contributed by atoms with van der Waals surface area (Å²) in [7, 11) is 0. The zero-order valence-electron chi connectivity index (χ0n) is 22.0. The van der Waals surface area contributed by atoms with Gasteiger partial charge in [0.25, 0.3) is 0 Å². The predicted octanol–water partition coefficient (Wildman–Crippen LogP) is -2.74. The summed E-state index contributed by atoms with van der Waals surface area (Å²) in [4.78, 5) is 64.8. The third-order valence-corrected chi connectivity index (χ3v) is 5.41. The monoisotopic (exact) mass is 550 g/mol. The van der Waals surface area contributed by atoms with Crippen LogP contribution in [-0.4, -0.2) is 83.5 Å². The van der Waals surface area contributed by atoms with Crippen molar-refractivity contribution in [2.45, 2.75) is 51.2 Å². The Bertz CT molecular complexity index is 1030. The molecule has 15 heteroatoms. The highest BCUT2D eigenvalue weighted by molar-refractivity contribution is 5.93. The van der Waals surface area contributed by atoms with Crippen molar-refractivity contribution in [3.63, 3.8) is 0 Å². The minimum absolute atomic E-state index is 0.0684. The lowest BCUT2D eigenvalue weighted by Crippen LogP contribution is -2.55. The number of guanidine groups is 1. The molecule has 0 saturated carbocycles. The molecule has 39 heavy (non-hydrogen) atoms. The number of amides is 4. The summed E-state index contributed by atoms with van der Waals surface area (Å²) in [6.07, 6.45) is 0.611. The Morgan fingerprint density at radius 2 is 1.54 bits per heavy atom. The number of aromatic hydroxyl groups is 1. The van der Waals surface area contributed by atoms with Crippen LogP contribution in [0.2, 0.25) is 0 Å². The van der Waals surface area contributed by atoms with E-state index in [1.165, 1.54) is 12.1 Å². The van der Waals surface area contributed by atoms with Crippen molar-refractivity contribution < 1.29 is 34.2 Å². The van der Waals surface area contributed by atoms with Gasteiger partial charge in [-0.05, 0) is 42.9 Å². The molecule has 0 unspecified atom stereocenters. The van der Waals surface area contributed by atoms with Crippen LogP contribution in [0.5, 0.6) is 5.75 Å². The second-order valence-electron chi connectivity index (χ2n) is 9.11. The third-order valence-electron chi connectivity index (χ3n) is 5.41. The number of aliphatic carboxylic acids is 1. The fourth-order valence-electron chi connectivity index (χ4n) is 3.35. The van der Waals surface area contributed by atoms with Crippen LogP contribution in [0.25, 0.3) is 0 Å². The molecular weight excluding hydrogens is 512 g/mol. The van der Waals surface area contributed by atoms with Gasteiger partial charge in [0.1, 0.15) is 24.4 Å². The molecule has 0 radical (unpaired) electrons. The molecule has 0 aliphatic carbocycles. The smallest absolute Gasteiger partial charge is 0.322 e. The van der Waals surface area contributed by atoms with E-state index in [9.17, 15) is 29.1 Å². The molecule has 4 amide bonds. The Hall–Kier alpha value is -4.40. The van der Waals surface area contributed by atoms with Crippen molar-refractivity contribution >= 4 is 35.6 Å². The van der Waals surface area contributed by atoms with Gasteiger partial charge < -0.3 is 48.7 Å². The predicted molar refractivity (Wildman–Crippen MR) is 142 cm³/mol. The van der Waals surface area contributed by atoms with Crippen molar-refractivity contribution in [2.75, 3.05) is 19.6 Å². The fraction of sp³-hybridized carbons (Fsp3) is 0.500. The number of carbonyl (C=O) groups excluding carboxylic acids is 4. The van der Waals surface area contributed by atoms with Crippen molar-refractivity contribution in [1.29, 1.82) is 0 Å². The molecule has 0 aromatic heterocycles. The van der Waals surface area contributed by atoms with E-state index in [2.05, 4.69) is 26.3 Å². The Kier molecular flexibility index (Phi) is 13.8. The summed E-state index contributed by atoms with van der Waals surface area (Å²) < 4.78 is 0. The maximum atomic E-state index is 12.9. The van der Waals surface area contributed by atoms with Crippen LogP contribution in [0.4, 0.5) is 0 Å². The number of hydrogen-bond acceptors (Lipinski definition) is 8. The lowest BCUT2D eigenvalue weighted by Gasteiger charge is -2.23. The van der Waals surface area contributed by atoms with Crippen LogP contribution in [0, 0.1) is 5.92 Å². The number of nitrogens with two attached hydrogens (primary N) is 3. The van der Waals surface area contributed by atoms with Gasteiger partial charge >= 0.3 is 5.97 Å². The van der Waals surface area contributed by atoms with Crippen LogP contribution >= 0.6 is 0 Å². The molecule has 1 aromatic rings. The second kappa shape index (κ2) is 16.4. The largest absolute Gasteiger partial charge is 0.508 e. The SMILES string of the molecule is CC(C)[C@H](NC(=O)CNC(=O)[C@H](CCCN=C(N)N)NC(=O)[C@@H](N)Cc1ccc(O)cc1)C(=O)NCC(=O)O. The second-order valence-corrected chi connectivity index (χ2v) is 9.11. The summed E-state index contributed by atoms with van der Waals surface area (Å²) in [5, 5.41) is 27.8. The highest BCUT2D eigenvalue weighted by Gasteiger charge is 2.27. The molecule has 0 heterocycles. The van der Waals surface area contributed by atoms with E-state index >= 15 is 0 Å². The molecule has 0 saturated heterocycles. The van der Waals surface area contributed by atoms with Crippen LogP contribution in [0.1, 0.15) is 32.3 Å². The molecule has 12 N–H and O–H groups in total. The maximum absolute atomic E-state index is 12.9. The van der Waals surface area contributed by atoms with Gasteiger partial charge in [0.05, 0.1) is 12.6 Å². The highest BCUT2D eigenvalue weighted by Crippen LogP contribution is 2.11. The third kappa shape index (κ3) is 13.1. The number of benzene rings is 1. The molecule has 1 aromatic carbocycles. The molecule has 1 rings (SSSR count). The molecule has 0 aliphatic rings. The Balaban J connectivity index is 2.78. The molecule has 0 spiro atoms. The summed E-state index contributed by atoms with van der Waals surface area (Å²) in [6, 6.07) is 3.07. The van der Waals surface area contributed by atoms with Gasteiger partial charge in [-0.2, -0.15) is 0 Å². The zero-order chi connectivity index (χ0) is 29.5. The van der Waals surface area contributed by atoms with Crippen molar-refractivity contribution in [2.24, 2.45) is 28.1 Å². The average Bonchev–Trinajstić information content (AvgIpc) is 2.86. The number of carbonyl (C=O) groups is 5. The fourth-order valence-corrected chi connectivity index (χ4v) is 3.35. The molecule has 0 fully saturated rings. The van der Waals surface area contributed by atoms with E-state index in [0.717, 1.165) is 0 Å². The molecule has 0 bridgehead atoms. The van der Waals surface area contributed by atoms with Gasteiger partial charge in [-0.3, -0.25) is 29.0 Å². The molecular formula is C24H38N8O7. The minimum atomic E-state index is -1.24. The number of nitrogens with one attached hydrogen (secondary N) is 4. The zero-order valence-corrected chi connectivity index (χ0v) is 22.0. The minimum Gasteiger partial charge on any atom is -0.508 e. The summed E-state index contributed by atoms with van der Waals surface area (Å²) in [5.74, 6) is -4.31. The normalized spacial score (nSPS) is 12.9. The first-order valence-electron chi connectivity index (χ1n) is 12.3. The van der Waals surface area contributed by atoms with E-state index in [-0.39, 0.29) is 37.0 Å². The van der Waals surface area contributed by atoms with Crippen LogP contribution in [0.15, 0.2) is 29.3 Å². The molecule has 216 valence electrons. The van der Waals surface area contributed by atoms with Crippen LogP contribution in [0.3, 0.4) is 0 Å². The van der Waals surface area contributed by atoms with E-state index in [4.69, 9.17) is 22.3 Å². The molecule has 0 aliphatic heterocycles. The van der Waals surface area contributed by atoms with Gasteiger partial charge in [-0.25, -0.2) is 0 Å². The van der Waals surface area contributed by atoms with Crippen molar-refractivity contribution in [3.8, 4) is 5.75 Å². The summed E-state index contributed by atoms with van der Waals surface area (Å²) in [5.41, 5.74) is 17.3. The van der Waals surface area contributed by atoms with Crippen molar-refractivity contribution in [1.82, 2.24) is 21.3 Å². The topological polar surface area (TPSA) is 264 Å². The van der Waals surface area contributed by atoms with E-state index in [1.54, 1.807) is 26.0 Å². The number of carboxylic acids is 1. The van der Waals surface area contributed by atoms with E-state index in [1.807, 2.05) is 0 Å². The van der Waals surface area contributed by atoms with E-state index in [0.29, 0.717) is 12.0 Å². The number of rotatable bonds is 16. The first-order valence-corrected chi connectivity index (χ1v) is 12.3. The maximum Gasteiger partial charge on any atom is 0.322 e. The first-order chi connectivity index (χ1) is 18.3. The van der Waals surface area contributed by atoms with Crippen LogP contribution in [-0.2, 0) is 30.4 Å². The number of phenolic OH excluding ortho intramolecular Hbond substituents is 1. The van der Waals surface area contributed by atoms with Crippen molar-refractivity contribution in [3.05, 3.63) is 29.8 Å². The Morgan fingerprint density at radius 1 is 0.923 bits per heavy atom. The quantitative estimate of drug-likeness (QED) is 0.0582. The van der Waals surface area contributed by atoms with Crippen LogP contribution < -0.4 is 38.5 Å². The lowest BCUT2D eigenvalue weighted by atomic mass is 10.0. The van der Waals surface area contributed by atoms with Gasteiger partial charge in [0.15, 0.2) is 5.96 Å². The average molecular weight is 551 g/mol. The summed E-state index contributed by atoms with van der Waals surface area (Å²) >= 11 is 0. The van der Waals surface area contributed by atoms with E-state index < -0.39 is 60.8 Å². The van der Waals surface area contributed by atoms with Gasteiger partial charge in [-0.15, -0.1) is 0 Å². The highest BCUT2D eigenvalue weighted by atomic mass is 16.4. The standard InChI is InChI=1S/C24H38N8O7/c1-13(2)20(23(39)30-12-19(35)36)32-18(34)11-29-22(38)17(4-3-9-28-24(26)27)31-21(37)16(25)10-14-5-7-15(33)8-6-14/h5-8,13,16-17,20,33H,3-4,9-12,25H2,1-2H3,(H,29,38)(H,30,39)(H,31,37)(H,32,34)(H,35,36)(H4,26,27,28)/t16-,17-,20-/m0/s1. The Labute approximate surface area is 226 Å². The lowest BCUT2D eigenvalue weighted by molar-refractivity contribution is -0.138. The van der Waals surface area contributed by atoms with Gasteiger partial charge in [0.2, 0.25) is 23.6 Å². The molecule has 3 atom stereocenters. The number of hydrogen-bond donors (Lipinski definition) is 9. The van der Waals surface area contributed by atoms with Gasteiger partial charge in [0, 0.05) is 6.54 Å². The number of phenols is 1. The molecule has 15 nitrogen and oxygen atoms in total.